The molecule has 2 aromatic heterocycles. The first-order chi connectivity index (χ1) is 12.8. The fourth-order valence-corrected chi connectivity index (χ4v) is 3.59. The number of aromatic amines is 2. The molecule has 0 saturated carbocycles. The summed E-state index contributed by atoms with van der Waals surface area (Å²) in [6, 6.07) is 14.1. The lowest BCUT2D eigenvalue weighted by molar-refractivity contribution is 0.171. The Morgan fingerprint density at radius 1 is 1.08 bits per heavy atom. The van der Waals surface area contributed by atoms with Crippen molar-refractivity contribution in [3.8, 4) is 17.2 Å². The second-order valence-electron chi connectivity index (χ2n) is 6.14. The van der Waals surface area contributed by atoms with E-state index in [-0.39, 0.29) is 0 Å². The Morgan fingerprint density at radius 2 is 1.92 bits per heavy atom. The van der Waals surface area contributed by atoms with Crippen molar-refractivity contribution in [1.29, 1.82) is 0 Å². The van der Waals surface area contributed by atoms with Gasteiger partial charge in [0.05, 0.1) is 5.69 Å². The van der Waals surface area contributed by atoms with Gasteiger partial charge < -0.3 is 14.5 Å². The molecule has 0 saturated heterocycles. The normalized spacial score (nSPS) is 13.2. The number of benzene rings is 2. The van der Waals surface area contributed by atoms with E-state index >= 15 is 0 Å². The van der Waals surface area contributed by atoms with Crippen molar-refractivity contribution in [2.24, 2.45) is 0 Å². The van der Waals surface area contributed by atoms with E-state index < -0.39 is 0 Å². The molecule has 0 amide bonds. The molecule has 5 rings (SSSR count). The second kappa shape index (κ2) is 6.03. The molecule has 0 aliphatic carbocycles. The van der Waals surface area contributed by atoms with Gasteiger partial charge in [-0.2, -0.15) is 5.10 Å². The van der Waals surface area contributed by atoms with Gasteiger partial charge in [0, 0.05) is 29.6 Å². The monoisotopic (exact) mass is 364 g/mol. The number of aromatic nitrogens is 4. The van der Waals surface area contributed by atoms with Crippen molar-refractivity contribution >= 4 is 23.1 Å². The molecule has 0 atom stereocenters. The number of rotatable bonds is 3. The lowest BCUT2D eigenvalue weighted by Gasteiger charge is -2.19. The molecule has 2 aromatic carbocycles. The molecule has 0 fully saturated rings. The number of hydrogen-bond donors (Lipinski definition) is 2. The van der Waals surface area contributed by atoms with Crippen LogP contribution in [0.4, 0.5) is 0 Å². The molecule has 0 radical (unpaired) electrons. The van der Waals surface area contributed by atoms with Crippen LogP contribution in [-0.4, -0.2) is 33.0 Å². The number of nitrogens with one attached hydrogen (secondary N) is 2. The van der Waals surface area contributed by atoms with Crippen molar-refractivity contribution < 1.29 is 9.47 Å². The van der Waals surface area contributed by atoms with Gasteiger partial charge in [-0.1, -0.05) is 18.2 Å². The van der Waals surface area contributed by atoms with E-state index in [2.05, 4.69) is 27.3 Å². The largest absolute Gasteiger partial charge is 0.486 e. The molecule has 0 bridgehead atoms. The van der Waals surface area contributed by atoms with Gasteiger partial charge in [0.25, 0.3) is 0 Å². The van der Waals surface area contributed by atoms with E-state index in [1.165, 1.54) is 10.9 Å². The Hall–Kier alpha value is -3.06. The number of nitrogens with zero attached hydrogens (tertiary/aromatic N) is 2. The summed E-state index contributed by atoms with van der Waals surface area (Å²) in [6.07, 6.45) is 2.68. The number of hydrogen-bond acceptors (Lipinski definition) is 4. The maximum atomic E-state index is 5.70. The van der Waals surface area contributed by atoms with Crippen molar-refractivity contribution in [1.82, 2.24) is 19.7 Å². The van der Waals surface area contributed by atoms with E-state index in [9.17, 15) is 0 Å². The summed E-state index contributed by atoms with van der Waals surface area (Å²) in [5.74, 6) is 2.33. The summed E-state index contributed by atoms with van der Waals surface area (Å²) in [7, 11) is 0. The highest BCUT2D eigenvalue weighted by atomic mass is 32.1. The number of ether oxygens (including phenoxy) is 2. The molecule has 7 heteroatoms. The van der Waals surface area contributed by atoms with Crippen LogP contribution >= 0.6 is 12.2 Å². The highest BCUT2D eigenvalue weighted by Gasteiger charge is 2.16. The minimum atomic E-state index is 0.551. The molecule has 1 aliphatic rings. The summed E-state index contributed by atoms with van der Waals surface area (Å²) in [5.41, 5.74) is 3.19. The van der Waals surface area contributed by atoms with E-state index in [0.29, 0.717) is 24.4 Å². The highest BCUT2D eigenvalue weighted by Crippen LogP contribution is 2.32. The van der Waals surface area contributed by atoms with E-state index in [1.807, 2.05) is 41.1 Å². The zero-order valence-electron chi connectivity index (χ0n) is 13.9. The van der Waals surface area contributed by atoms with Crippen molar-refractivity contribution in [3.63, 3.8) is 0 Å². The average molecular weight is 364 g/mol. The first-order valence-electron chi connectivity index (χ1n) is 8.41. The molecule has 130 valence electrons. The highest BCUT2D eigenvalue weighted by molar-refractivity contribution is 7.71. The second-order valence-corrected chi connectivity index (χ2v) is 6.53. The lowest BCUT2D eigenvalue weighted by Crippen LogP contribution is -2.15. The first-order valence-corrected chi connectivity index (χ1v) is 8.82. The van der Waals surface area contributed by atoms with Crippen LogP contribution in [0.2, 0.25) is 0 Å². The minimum Gasteiger partial charge on any atom is -0.486 e. The Bertz CT molecular complexity index is 1160. The fraction of sp³-hybridized carbons (Fsp3) is 0.158. The third-order valence-corrected chi connectivity index (χ3v) is 4.82. The Labute approximate surface area is 154 Å². The summed E-state index contributed by atoms with van der Waals surface area (Å²) >= 11 is 5.47. The number of para-hydroxylation sites is 1. The average Bonchev–Trinajstić information content (AvgIpc) is 3.25. The minimum absolute atomic E-state index is 0.551. The third-order valence-electron chi connectivity index (χ3n) is 4.55. The van der Waals surface area contributed by atoms with Crippen LogP contribution in [0.3, 0.4) is 0 Å². The summed E-state index contributed by atoms with van der Waals surface area (Å²) in [4.78, 5) is 3.31. The molecule has 6 nitrogen and oxygen atoms in total. The van der Waals surface area contributed by atoms with Gasteiger partial charge in [-0.05, 0) is 36.0 Å². The number of H-pyrrole nitrogens is 2. The standard InChI is InChI=1S/C19H16N4O2S/c26-19-22-21-18(9-12-11-20-15-4-2-1-3-14(12)15)23(19)13-5-6-16-17(10-13)25-8-7-24-16/h1-6,10-11,20H,7-9H2,(H,22,26). The zero-order chi connectivity index (χ0) is 17.5. The van der Waals surface area contributed by atoms with E-state index in [4.69, 9.17) is 21.7 Å². The van der Waals surface area contributed by atoms with Crippen LogP contribution in [0.25, 0.3) is 16.6 Å². The van der Waals surface area contributed by atoms with Gasteiger partial charge in [0.1, 0.15) is 19.0 Å². The predicted molar refractivity (Wildman–Crippen MR) is 101 cm³/mol. The molecule has 26 heavy (non-hydrogen) atoms. The summed E-state index contributed by atoms with van der Waals surface area (Å²) in [5, 5.41) is 8.55. The fourth-order valence-electron chi connectivity index (χ4n) is 3.33. The van der Waals surface area contributed by atoms with Gasteiger partial charge in [0.15, 0.2) is 16.3 Å². The summed E-state index contributed by atoms with van der Waals surface area (Å²) < 4.78 is 13.8. The Kier molecular flexibility index (Phi) is 3.53. The van der Waals surface area contributed by atoms with Crippen LogP contribution < -0.4 is 9.47 Å². The molecule has 2 N–H and O–H groups in total. The molecule has 0 spiro atoms. The Morgan fingerprint density at radius 3 is 2.85 bits per heavy atom. The smallest absolute Gasteiger partial charge is 0.199 e. The van der Waals surface area contributed by atoms with Gasteiger partial charge >= 0.3 is 0 Å². The molecule has 3 heterocycles. The molecular weight excluding hydrogens is 348 g/mol. The van der Waals surface area contributed by atoms with Gasteiger partial charge in [-0.25, -0.2) is 0 Å². The van der Waals surface area contributed by atoms with Gasteiger partial charge in [0.2, 0.25) is 0 Å². The van der Waals surface area contributed by atoms with E-state index in [1.54, 1.807) is 0 Å². The molecule has 4 aromatic rings. The molecule has 1 aliphatic heterocycles. The third kappa shape index (κ3) is 2.48. The van der Waals surface area contributed by atoms with Crippen LogP contribution in [0.1, 0.15) is 11.4 Å². The SMILES string of the molecule is S=c1[nH]nc(Cc2c[nH]c3ccccc23)n1-c1ccc2c(c1)OCCO2. The van der Waals surface area contributed by atoms with Crippen molar-refractivity contribution in [2.45, 2.75) is 6.42 Å². The summed E-state index contributed by atoms with van der Waals surface area (Å²) in [6.45, 7) is 1.12. The van der Waals surface area contributed by atoms with Crippen LogP contribution in [0.5, 0.6) is 11.5 Å². The van der Waals surface area contributed by atoms with Crippen LogP contribution in [0.15, 0.2) is 48.7 Å². The van der Waals surface area contributed by atoms with Crippen LogP contribution in [-0.2, 0) is 6.42 Å². The van der Waals surface area contributed by atoms with Crippen molar-refractivity contribution in [2.75, 3.05) is 13.2 Å². The van der Waals surface area contributed by atoms with Crippen molar-refractivity contribution in [3.05, 3.63) is 64.8 Å². The first kappa shape index (κ1) is 15.2. The number of fused-ring (bicyclic) bond motifs is 2. The quantitative estimate of drug-likeness (QED) is 0.543. The molecule has 0 unspecified atom stereocenters. The Balaban J connectivity index is 1.57. The maximum absolute atomic E-state index is 5.70. The predicted octanol–water partition coefficient (Wildman–Crippen LogP) is 3.77. The maximum Gasteiger partial charge on any atom is 0.199 e. The van der Waals surface area contributed by atoms with E-state index in [0.717, 1.165) is 28.5 Å². The zero-order valence-corrected chi connectivity index (χ0v) is 14.7. The van der Waals surface area contributed by atoms with Crippen LogP contribution in [0, 0.1) is 4.77 Å². The molecular formula is C19H16N4O2S. The lowest BCUT2D eigenvalue weighted by atomic mass is 10.1. The topological polar surface area (TPSA) is 67.9 Å². The van der Waals surface area contributed by atoms with Gasteiger partial charge in [-0.3, -0.25) is 9.67 Å². The van der Waals surface area contributed by atoms with Gasteiger partial charge in [-0.15, -0.1) is 0 Å².